The standard InChI is InChI=1S/C17H19NO5/c1-2-22-17(21)11-4-3-7-18(9-11)10-15-16(20)13-6-5-12(19)8-14(13)23-15/h5-6,8,10-11,19H,2-4,7,9H2,1H3/b15-10-/t11-/m0/s1. The molecule has 122 valence electrons. The molecule has 0 saturated carbocycles. The van der Waals surface area contributed by atoms with Crippen LogP contribution < -0.4 is 4.74 Å². The Morgan fingerprint density at radius 2 is 2.35 bits per heavy atom. The van der Waals surface area contributed by atoms with Gasteiger partial charge in [-0.05, 0) is 31.9 Å². The Balaban J connectivity index is 1.72. The predicted molar refractivity (Wildman–Crippen MR) is 82.1 cm³/mol. The molecule has 0 aromatic heterocycles. The van der Waals surface area contributed by atoms with Crippen molar-refractivity contribution in [3.8, 4) is 11.5 Å². The molecule has 1 atom stereocenters. The molecule has 0 aliphatic carbocycles. The summed E-state index contributed by atoms with van der Waals surface area (Å²) in [5.41, 5.74) is 0.438. The van der Waals surface area contributed by atoms with Gasteiger partial charge in [-0.1, -0.05) is 0 Å². The van der Waals surface area contributed by atoms with E-state index in [1.54, 1.807) is 19.2 Å². The number of ketones is 1. The molecule has 2 aliphatic heterocycles. The van der Waals surface area contributed by atoms with Crippen LogP contribution in [0.1, 0.15) is 30.1 Å². The van der Waals surface area contributed by atoms with Gasteiger partial charge in [-0.25, -0.2) is 0 Å². The molecule has 0 unspecified atom stereocenters. The molecule has 6 nitrogen and oxygen atoms in total. The average Bonchev–Trinajstić information content (AvgIpc) is 2.83. The van der Waals surface area contributed by atoms with E-state index in [2.05, 4.69) is 0 Å². The number of benzene rings is 1. The average molecular weight is 317 g/mol. The summed E-state index contributed by atoms with van der Waals surface area (Å²) in [4.78, 5) is 26.1. The van der Waals surface area contributed by atoms with Crippen molar-refractivity contribution in [2.45, 2.75) is 19.8 Å². The van der Waals surface area contributed by atoms with E-state index in [4.69, 9.17) is 9.47 Å². The van der Waals surface area contributed by atoms with Crippen LogP contribution in [0.25, 0.3) is 0 Å². The summed E-state index contributed by atoms with van der Waals surface area (Å²) >= 11 is 0. The van der Waals surface area contributed by atoms with Gasteiger partial charge in [0.15, 0.2) is 5.76 Å². The van der Waals surface area contributed by atoms with E-state index in [9.17, 15) is 14.7 Å². The van der Waals surface area contributed by atoms with Crippen molar-refractivity contribution in [2.75, 3.05) is 19.7 Å². The van der Waals surface area contributed by atoms with Gasteiger partial charge in [0.25, 0.3) is 0 Å². The van der Waals surface area contributed by atoms with Crippen LogP contribution in [-0.4, -0.2) is 41.5 Å². The summed E-state index contributed by atoms with van der Waals surface area (Å²) in [6, 6.07) is 4.43. The maximum atomic E-state index is 12.3. The molecule has 1 fully saturated rings. The third-order valence-corrected chi connectivity index (χ3v) is 4.03. The first-order valence-corrected chi connectivity index (χ1v) is 7.76. The first-order valence-electron chi connectivity index (χ1n) is 7.76. The molecule has 2 heterocycles. The smallest absolute Gasteiger partial charge is 0.310 e. The number of nitrogens with zero attached hydrogens (tertiary/aromatic N) is 1. The number of esters is 1. The predicted octanol–water partition coefficient (Wildman–Crippen LogP) is 2.08. The number of phenolic OH excluding ortho intramolecular Hbond substituents is 1. The lowest BCUT2D eigenvalue weighted by Crippen LogP contribution is -2.36. The van der Waals surface area contributed by atoms with Crippen molar-refractivity contribution in [1.29, 1.82) is 0 Å². The number of ether oxygens (including phenoxy) is 2. The van der Waals surface area contributed by atoms with E-state index < -0.39 is 0 Å². The molecule has 0 amide bonds. The number of Topliss-reactive ketones (excluding diaryl/α,β-unsaturated/α-hetero) is 1. The van der Waals surface area contributed by atoms with Crippen LogP contribution in [0.5, 0.6) is 11.5 Å². The number of hydrogen-bond acceptors (Lipinski definition) is 6. The number of fused-ring (bicyclic) bond motifs is 1. The minimum Gasteiger partial charge on any atom is -0.508 e. The largest absolute Gasteiger partial charge is 0.508 e. The fraction of sp³-hybridized carbons (Fsp3) is 0.412. The van der Waals surface area contributed by atoms with Gasteiger partial charge in [-0.15, -0.1) is 0 Å². The third kappa shape index (κ3) is 3.16. The zero-order valence-corrected chi connectivity index (χ0v) is 12.9. The number of carbonyl (C=O) groups is 2. The van der Waals surface area contributed by atoms with E-state index in [0.29, 0.717) is 24.5 Å². The van der Waals surface area contributed by atoms with Gasteiger partial charge in [0, 0.05) is 25.4 Å². The van der Waals surface area contributed by atoms with Gasteiger partial charge in [0.05, 0.1) is 18.1 Å². The second-order valence-corrected chi connectivity index (χ2v) is 5.69. The highest BCUT2D eigenvalue weighted by Crippen LogP contribution is 2.34. The van der Waals surface area contributed by atoms with Gasteiger partial charge >= 0.3 is 5.97 Å². The third-order valence-electron chi connectivity index (χ3n) is 4.03. The van der Waals surface area contributed by atoms with Gasteiger partial charge in [-0.2, -0.15) is 0 Å². The summed E-state index contributed by atoms with van der Waals surface area (Å²) in [5.74, 6) is 0.0534. The Morgan fingerprint density at radius 1 is 1.52 bits per heavy atom. The minimum atomic E-state index is -0.210. The highest BCUT2D eigenvalue weighted by atomic mass is 16.5. The second-order valence-electron chi connectivity index (χ2n) is 5.69. The maximum Gasteiger partial charge on any atom is 0.310 e. The Labute approximate surface area is 134 Å². The van der Waals surface area contributed by atoms with Crippen LogP contribution in [-0.2, 0) is 9.53 Å². The van der Waals surface area contributed by atoms with Crippen LogP contribution in [0.4, 0.5) is 0 Å². The van der Waals surface area contributed by atoms with Crippen molar-refractivity contribution >= 4 is 11.8 Å². The molecule has 6 heteroatoms. The summed E-state index contributed by atoms with van der Waals surface area (Å²) in [6.07, 6.45) is 3.31. The van der Waals surface area contributed by atoms with Crippen molar-refractivity contribution < 1.29 is 24.2 Å². The summed E-state index contributed by atoms with van der Waals surface area (Å²) < 4.78 is 10.6. The van der Waals surface area contributed by atoms with Crippen molar-refractivity contribution in [2.24, 2.45) is 5.92 Å². The summed E-state index contributed by atoms with van der Waals surface area (Å²) in [6.45, 7) is 3.44. The fourth-order valence-electron chi connectivity index (χ4n) is 2.91. The van der Waals surface area contributed by atoms with Crippen LogP contribution in [0.15, 0.2) is 30.2 Å². The number of allylic oxidation sites excluding steroid dienone is 1. The number of hydrogen-bond donors (Lipinski definition) is 1. The Hall–Kier alpha value is -2.50. The van der Waals surface area contributed by atoms with E-state index in [0.717, 1.165) is 19.4 Å². The van der Waals surface area contributed by atoms with Gasteiger partial charge < -0.3 is 19.5 Å². The fourth-order valence-corrected chi connectivity index (χ4v) is 2.91. The Morgan fingerprint density at radius 3 is 3.13 bits per heavy atom. The van der Waals surface area contributed by atoms with Crippen LogP contribution in [0, 0.1) is 5.92 Å². The number of rotatable bonds is 3. The quantitative estimate of drug-likeness (QED) is 0.679. The molecule has 2 aliphatic rings. The molecule has 0 radical (unpaired) electrons. The van der Waals surface area contributed by atoms with Gasteiger partial charge in [0.2, 0.25) is 5.78 Å². The van der Waals surface area contributed by atoms with E-state index in [-0.39, 0.29) is 29.2 Å². The highest BCUT2D eigenvalue weighted by molar-refractivity contribution is 6.12. The van der Waals surface area contributed by atoms with Crippen molar-refractivity contribution in [3.63, 3.8) is 0 Å². The molecule has 23 heavy (non-hydrogen) atoms. The Bertz CT molecular complexity index is 667. The number of aromatic hydroxyl groups is 1. The molecule has 0 bridgehead atoms. The summed E-state index contributed by atoms with van der Waals surface area (Å²) in [7, 11) is 0. The molecule has 1 saturated heterocycles. The first-order chi connectivity index (χ1) is 11.1. The monoisotopic (exact) mass is 317 g/mol. The topological polar surface area (TPSA) is 76.1 Å². The zero-order chi connectivity index (χ0) is 16.4. The molecular weight excluding hydrogens is 298 g/mol. The van der Waals surface area contributed by atoms with Crippen LogP contribution in [0.2, 0.25) is 0 Å². The second kappa shape index (κ2) is 6.32. The first kappa shape index (κ1) is 15.4. The summed E-state index contributed by atoms with van der Waals surface area (Å²) in [5, 5.41) is 9.46. The molecule has 1 N–H and O–H groups in total. The normalized spacial score (nSPS) is 22.0. The highest BCUT2D eigenvalue weighted by Gasteiger charge is 2.30. The van der Waals surface area contributed by atoms with E-state index >= 15 is 0 Å². The van der Waals surface area contributed by atoms with Gasteiger partial charge in [-0.3, -0.25) is 9.59 Å². The van der Waals surface area contributed by atoms with E-state index in [1.165, 1.54) is 12.1 Å². The minimum absolute atomic E-state index is 0.0538. The van der Waals surface area contributed by atoms with Crippen molar-refractivity contribution in [3.05, 3.63) is 35.7 Å². The SMILES string of the molecule is CCOC(=O)[C@H]1CCCN(/C=C2\Oc3cc(O)ccc3C2=O)C1. The molecule has 1 aromatic carbocycles. The molecule has 1 aromatic rings. The molecular formula is C17H19NO5. The van der Waals surface area contributed by atoms with Gasteiger partial charge in [0.1, 0.15) is 11.5 Å². The van der Waals surface area contributed by atoms with Crippen LogP contribution in [0.3, 0.4) is 0 Å². The number of likely N-dealkylation sites (tertiary alicyclic amines) is 1. The number of carbonyl (C=O) groups excluding carboxylic acids is 2. The zero-order valence-electron chi connectivity index (χ0n) is 12.9. The maximum absolute atomic E-state index is 12.3. The van der Waals surface area contributed by atoms with Crippen LogP contribution >= 0.6 is 0 Å². The molecule has 3 rings (SSSR count). The number of piperidine rings is 1. The van der Waals surface area contributed by atoms with E-state index in [1.807, 2.05) is 4.90 Å². The Kier molecular flexibility index (Phi) is 4.23. The lowest BCUT2D eigenvalue weighted by Gasteiger charge is -2.30. The van der Waals surface area contributed by atoms with Crippen molar-refractivity contribution in [1.82, 2.24) is 4.90 Å². The number of phenols is 1. The lowest BCUT2D eigenvalue weighted by atomic mass is 9.98. The molecule has 0 spiro atoms. The lowest BCUT2D eigenvalue weighted by molar-refractivity contribution is -0.149.